The Labute approximate surface area is 207 Å². The molecular formula is C27H27F2N7. The van der Waals surface area contributed by atoms with E-state index in [1.165, 1.54) is 23.8 Å². The van der Waals surface area contributed by atoms with E-state index in [2.05, 4.69) is 20.2 Å². The highest BCUT2D eigenvalue weighted by Crippen LogP contribution is 2.45. The summed E-state index contributed by atoms with van der Waals surface area (Å²) in [5.41, 5.74) is 8.38. The maximum absolute atomic E-state index is 14.2. The maximum Gasteiger partial charge on any atom is 0.162 e. The number of nitrogens with two attached hydrogens (primary N) is 1. The lowest BCUT2D eigenvalue weighted by Crippen LogP contribution is -2.36. The molecule has 2 fully saturated rings. The van der Waals surface area contributed by atoms with Crippen LogP contribution in [0, 0.1) is 17.6 Å². The van der Waals surface area contributed by atoms with Gasteiger partial charge in [0.15, 0.2) is 5.82 Å². The van der Waals surface area contributed by atoms with Crippen LogP contribution < -0.4 is 16.0 Å². The van der Waals surface area contributed by atoms with Gasteiger partial charge < -0.3 is 16.0 Å². The molecule has 184 valence electrons. The average molecular weight is 488 g/mol. The number of anilines is 3. The van der Waals surface area contributed by atoms with E-state index in [0.29, 0.717) is 35.6 Å². The molecule has 3 N–H and O–H groups in total. The van der Waals surface area contributed by atoms with Crippen LogP contribution in [-0.4, -0.2) is 39.6 Å². The minimum atomic E-state index is -0.689. The summed E-state index contributed by atoms with van der Waals surface area (Å²) in [5.74, 6) is 1.40. The van der Waals surface area contributed by atoms with Gasteiger partial charge in [-0.25, -0.2) is 23.7 Å². The van der Waals surface area contributed by atoms with Crippen molar-refractivity contribution in [2.75, 3.05) is 29.9 Å². The molecule has 0 radical (unpaired) electrons. The van der Waals surface area contributed by atoms with Crippen molar-refractivity contribution in [2.45, 2.75) is 31.6 Å². The van der Waals surface area contributed by atoms with E-state index in [1.54, 1.807) is 24.5 Å². The number of nitrogens with one attached hydrogen (secondary N) is 1. The molecule has 0 bridgehead atoms. The molecule has 6 rings (SSSR count). The third-order valence-corrected chi connectivity index (χ3v) is 7.12. The molecule has 9 heteroatoms. The summed E-state index contributed by atoms with van der Waals surface area (Å²) in [6.45, 7) is 2.47. The van der Waals surface area contributed by atoms with Gasteiger partial charge in [-0.3, -0.25) is 4.98 Å². The normalized spacial score (nSPS) is 16.5. The molecular weight excluding hydrogens is 460 g/mol. The smallest absolute Gasteiger partial charge is 0.162 e. The first-order valence-electron chi connectivity index (χ1n) is 12.4. The monoisotopic (exact) mass is 487 g/mol. The number of fused-ring (bicyclic) bond motifs is 1. The zero-order valence-electron chi connectivity index (χ0n) is 19.8. The summed E-state index contributed by atoms with van der Waals surface area (Å²) >= 11 is 0. The maximum atomic E-state index is 14.2. The molecule has 1 aliphatic heterocycles. The third kappa shape index (κ3) is 4.35. The molecule has 1 aliphatic carbocycles. The van der Waals surface area contributed by atoms with Gasteiger partial charge in [-0.05, 0) is 73.9 Å². The fraction of sp³-hybridized carbons (Fsp3) is 0.333. The van der Waals surface area contributed by atoms with Gasteiger partial charge in [0.2, 0.25) is 0 Å². The van der Waals surface area contributed by atoms with E-state index in [-0.39, 0.29) is 5.69 Å². The third-order valence-electron chi connectivity index (χ3n) is 7.12. The van der Waals surface area contributed by atoms with Crippen molar-refractivity contribution in [1.82, 2.24) is 19.9 Å². The Hall–Kier alpha value is -3.72. The molecule has 1 aromatic carbocycles. The summed E-state index contributed by atoms with van der Waals surface area (Å²) in [6.07, 6.45) is 9.69. The Bertz CT molecular complexity index is 1390. The fourth-order valence-corrected chi connectivity index (χ4v) is 4.91. The van der Waals surface area contributed by atoms with E-state index < -0.39 is 11.6 Å². The number of hydrogen-bond acceptors (Lipinski definition) is 7. The Morgan fingerprint density at radius 1 is 1.00 bits per heavy atom. The lowest BCUT2D eigenvalue weighted by molar-refractivity contribution is 0.413. The summed E-state index contributed by atoms with van der Waals surface area (Å²) in [5, 5.41) is 3.83. The van der Waals surface area contributed by atoms with Crippen molar-refractivity contribution < 1.29 is 8.78 Å². The summed E-state index contributed by atoms with van der Waals surface area (Å²) in [6, 6.07) is 7.23. The highest BCUT2D eigenvalue weighted by Gasteiger charge is 2.30. The zero-order valence-corrected chi connectivity index (χ0v) is 19.8. The Morgan fingerprint density at radius 3 is 2.50 bits per heavy atom. The number of aromatic nitrogens is 4. The topological polar surface area (TPSA) is 92.8 Å². The second kappa shape index (κ2) is 9.39. The molecule has 0 spiro atoms. The van der Waals surface area contributed by atoms with Crippen LogP contribution in [0.5, 0.6) is 0 Å². The quantitative estimate of drug-likeness (QED) is 0.388. The van der Waals surface area contributed by atoms with Crippen molar-refractivity contribution in [3.63, 3.8) is 0 Å². The number of rotatable bonds is 6. The van der Waals surface area contributed by atoms with E-state index >= 15 is 0 Å². The van der Waals surface area contributed by atoms with Crippen LogP contribution in [-0.2, 0) is 0 Å². The molecule has 1 saturated carbocycles. The van der Waals surface area contributed by atoms with Gasteiger partial charge in [0, 0.05) is 36.4 Å². The number of halogens is 2. The van der Waals surface area contributed by atoms with E-state index in [1.807, 2.05) is 6.20 Å². The molecule has 36 heavy (non-hydrogen) atoms. The van der Waals surface area contributed by atoms with Crippen molar-refractivity contribution in [1.29, 1.82) is 0 Å². The highest BCUT2D eigenvalue weighted by atomic mass is 19.1. The van der Waals surface area contributed by atoms with E-state index in [9.17, 15) is 8.78 Å². The van der Waals surface area contributed by atoms with Crippen LogP contribution in [0.2, 0.25) is 0 Å². The van der Waals surface area contributed by atoms with Gasteiger partial charge in [-0.1, -0.05) is 6.07 Å². The molecule has 2 aliphatic rings. The second-order valence-corrected chi connectivity index (χ2v) is 9.59. The van der Waals surface area contributed by atoms with Gasteiger partial charge in [-0.15, -0.1) is 0 Å². The van der Waals surface area contributed by atoms with Crippen molar-refractivity contribution in [3.05, 3.63) is 66.1 Å². The predicted octanol–water partition coefficient (Wildman–Crippen LogP) is 5.16. The number of pyridine rings is 2. The van der Waals surface area contributed by atoms with Gasteiger partial charge in [0.25, 0.3) is 0 Å². The number of para-hydroxylation sites is 1. The molecule has 1 saturated heterocycles. The predicted molar refractivity (Wildman–Crippen MR) is 136 cm³/mol. The van der Waals surface area contributed by atoms with Gasteiger partial charge in [0.05, 0.1) is 11.7 Å². The molecule has 4 aromatic rings. The Morgan fingerprint density at radius 2 is 1.78 bits per heavy atom. The number of piperidine rings is 1. The first kappa shape index (κ1) is 22.7. The number of nitrogens with zero attached hydrogens (tertiary/aromatic N) is 5. The van der Waals surface area contributed by atoms with Crippen LogP contribution in [0.1, 0.15) is 37.2 Å². The molecule has 0 unspecified atom stereocenters. The summed E-state index contributed by atoms with van der Waals surface area (Å²) < 4.78 is 28.4. The average Bonchev–Trinajstić information content (AvgIpc) is 3.76. The molecule has 7 nitrogen and oxygen atoms in total. The second-order valence-electron chi connectivity index (χ2n) is 9.59. The number of benzene rings is 1. The van der Waals surface area contributed by atoms with Crippen molar-refractivity contribution >= 4 is 28.2 Å². The minimum Gasteiger partial charge on any atom is -0.356 e. The number of hydrogen-bond donors (Lipinski definition) is 2. The first-order valence-corrected chi connectivity index (χ1v) is 12.4. The van der Waals surface area contributed by atoms with E-state index in [4.69, 9.17) is 15.7 Å². The Kier molecular flexibility index (Phi) is 5.92. The SMILES string of the molecule is NCC1CCN(c2nc(-c3ccnc(Nc4c(F)cccc4F)c3)nc3cncc(C4CC4)c23)CC1. The van der Waals surface area contributed by atoms with Crippen molar-refractivity contribution in [3.8, 4) is 11.4 Å². The van der Waals surface area contributed by atoms with Crippen LogP contribution >= 0.6 is 0 Å². The molecule has 4 heterocycles. The lowest BCUT2D eigenvalue weighted by Gasteiger charge is -2.33. The fourth-order valence-electron chi connectivity index (χ4n) is 4.91. The minimum absolute atomic E-state index is 0.247. The van der Waals surface area contributed by atoms with Crippen molar-refractivity contribution in [2.24, 2.45) is 11.7 Å². The van der Waals surface area contributed by atoms with Crippen LogP contribution in [0.15, 0.2) is 48.9 Å². The highest BCUT2D eigenvalue weighted by molar-refractivity contribution is 5.94. The largest absolute Gasteiger partial charge is 0.356 e. The van der Waals surface area contributed by atoms with Gasteiger partial charge in [0.1, 0.15) is 29.0 Å². The molecule has 3 aromatic heterocycles. The standard InChI is InChI=1S/C27H27F2N7/c28-20-2-1-3-21(29)25(20)34-23-12-18(6-9-32-23)26-33-22-15-31-14-19(17-4-5-17)24(22)27(35-26)36-10-7-16(13-30)8-11-36/h1-3,6,9,12,14-17H,4-5,7-8,10-11,13,30H2,(H,32,34). The zero-order chi connectivity index (χ0) is 24.6. The lowest BCUT2D eigenvalue weighted by atomic mass is 9.96. The Balaban J connectivity index is 1.42. The molecule has 0 atom stereocenters. The first-order chi connectivity index (χ1) is 17.6. The molecule has 0 amide bonds. The van der Waals surface area contributed by atoms with E-state index in [0.717, 1.165) is 55.5 Å². The van der Waals surface area contributed by atoms with Crippen LogP contribution in [0.3, 0.4) is 0 Å². The summed E-state index contributed by atoms with van der Waals surface area (Å²) in [7, 11) is 0. The summed E-state index contributed by atoms with van der Waals surface area (Å²) in [4.78, 5) is 21.0. The van der Waals surface area contributed by atoms with Gasteiger partial charge in [-0.2, -0.15) is 0 Å². The van der Waals surface area contributed by atoms with Gasteiger partial charge >= 0.3 is 0 Å². The van der Waals surface area contributed by atoms with Crippen LogP contribution in [0.4, 0.5) is 26.1 Å². The van der Waals surface area contributed by atoms with Crippen LogP contribution in [0.25, 0.3) is 22.3 Å².